The Morgan fingerprint density at radius 1 is 0.783 bits per heavy atom. The summed E-state index contributed by atoms with van der Waals surface area (Å²) in [6.07, 6.45) is 2.63. The second-order valence-electron chi connectivity index (χ2n) is 14.9. The molecule has 46 heavy (non-hydrogen) atoms. The molecule has 0 aromatic heterocycles. The highest BCUT2D eigenvalue weighted by Crippen LogP contribution is 2.68. The van der Waals surface area contributed by atoms with E-state index < -0.39 is 54.2 Å². The average Bonchev–Trinajstić information content (AvgIpc) is 3.27. The number of carbonyl (C=O) groups excluding carboxylic acids is 4. The molecule has 7 unspecified atom stereocenters. The molecule has 0 radical (unpaired) electrons. The molecule has 0 aromatic rings. The average molecular weight is 652 g/mol. The van der Waals surface area contributed by atoms with Crippen molar-refractivity contribution in [1.29, 1.82) is 0 Å². The normalized spacial score (nSPS) is 45.0. The second kappa shape index (κ2) is 13.3. The number of rotatable bonds is 8. The Bertz CT molecular complexity index is 1180. The van der Waals surface area contributed by atoms with Gasteiger partial charge in [-0.15, -0.1) is 0 Å². The summed E-state index contributed by atoms with van der Waals surface area (Å²) in [6, 6.07) is 0. The summed E-state index contributed by atoms with van der Waals surface area (Å²) in [5.41, 5.74) is 6.79. The zero-order valence-electron chi connectivity index (χ0n) is 28.4. The van der Waals surface area contributed by atoms with Gasteiger partial charge in [0, 0.05) is 33.4 Å². The van der Waals surface area contributed by atoms with Crippen molar-refractivity contribution in [2.24, 2.45) is 40.2 Å². The fourth-order valence-electron chi connectivity index (χ4n) is 10.4. The van der Waals surface area contributed by atoms with Gasteiger partial charge in [-0.3, -0.25) is 19.2 Å². The lowest BCUT2D eigenvalue weighted by Crippen LogP contribution is -2.67. The molecule has 0 spiro atoms. The number of esters is 4. The number of carbonyl (C=O) groups is 4. The SMILES string of the molecule is COCC1OC(O[C@H]2CC[C@]3(C)C4CC[C@]5(C)[C@@H](C(=O)OC)CC[C@]5(N)C4CC[C@@H]3C2)C(OC(C)=O)C(OC(C)=O)C1OC(C)=O. The highest BCUT2D eigenvalue weighted by Gasteiger charge is 2.67. The van der Waals surface area contributed by atoms with Gasteiger partial charge in [0.25, 0.3) is 0 Å². The molecule has 13 atom stereocenters. The zero-order chi connectivity index (χ0) is 33.6. The Morgan fingerprint density at radius 3 is 2.07 bits per heavy atom. The van der Waals surface area contributed by atoms with E-state index in [1.807, 2.05) is 0 Å². The van der Waals surface area contributed by atoms with E-state index in [0.717, 1.165) is 57.8 Å². The molecule has 0 amide bonds. The number of hydrogen-bond acceptors (Lipinski definition) is 12. The van der Waals surface area contributed by atoms with Crippen LogP contribution in [0.1, 0.15) is 92.4 Å². The minimum atomic E-state index is -1.15. The molecule has 5 aliphatic rings. The van der Waals surface area contributed by atoms with Gasteiger partial charge in [0.2, 0.25) is 0 Å². The summed E-state index contributed by atoms with van der Waals surface area (Å²) >= 11 is 0. The Balaban J connectivity index is 1.34. The maximum Gasteiger partial charge on any atom is 0.309 e. The van der Waals surface area contributed by atoms with Crippen LogP contribution in [0, 0.1) is 34.5 Å². The summed E-state index contributed by atoms with van der Waals surface area (Å²) < 4.78 is 40.2. The Morgan fingerprint density at radius 2 is 1.43 bits per heavy atom. The first-order chi connectivity index (χ1) is 21.7. The summed E-state index contributed by atoms with van der Waals surface area (Å²) in [5, 5.41) is 0. The molecule has 0 bridgehead atoms. The van der Waals surface area contributed by atoms with Gasteiger partial charge in [0.1, 0.15) is 6.10 Å². The standard InChI is InChI=1S/C34H53NO11/c1-18(36)42-27-26(17-40-6)46-31(29(44-20(3)38)28(27)43-19(2)37)45-22-10-13-32(4)21(16-22)8-9-24-23(32)11-14-33(5)25(30(39)41-7)12-15-34(24,33)35/h21-29,31H,8-17,35H2,1-7H3/t21-,22+,23?,24?,25-,26?,27?,28?,29?,31?,32+,33-,34+/m1/s1. The van der Waals surface area contributed by atoms with Crippen LogP contribution in [0.5, 0.6) is 0 Å². The summed E-state index contributed by atoms with van der Waals surface area (Å²) in [4.78, 5) is 49.2. The van der Waals surface area contributed by atoms with Gasteiger partial charge in [0.15, 0.2) is 24.6 Å². The molecule has 12 nitrogen and oxygen atoms in total. The quantitative estimate of drug-likeness (QED) is 0.232. The third-order valence-electron chi connectivity index (χ3n) is 12.6. The van der Waals surface area contributed by atoms with Gasteiger partial charge in [0.05, 0.1) is 25.7 Å². The first-order valence-electron chi connectivity index (χ1n) is 16.9. The molecule has 0 aromatic carbocycles. The highest BCUT2D eigenvalue weighted by atomic mass is 16.7. The highest BCUT2D eigenvalue weighted by molar-refractivity contribution is 5.74. The van der Waals surface area contributed by atoms with Crippen LogP contribution in [-0.4, -0.2) is 87.1 Å². The van der Waals surface area contributed by atoms with Gasteiger partial charge in [-0.05, 0) is 86.4 Å². The fraction of sp³-hybridized carbons (Fsp3) is 0.882. The summed E-state index contributed by atoms with van der Waals surface area (Å²) in [5.74, 6) is -0.942. The number of hydrogen-bond donors (Lipinski definition) is 1. The Kier molecular flexibility index (Phi) is 10.1. The van der Waals surface area contributed by atoms with E-state index in [-0.39, 0.29) is 35.4 Å². The maximum atomic E-state index is 12.8. The lowest BCUT2D eigenvalue weighted by Gasteiger charge is -2.64. The first-order valence-corrected chi connectivity index (χ1v) is 16.9. The van der Waals surface area contributed by atoms with E-state index >= 15 is 0 Å². The lowest BCUT2D eigenvalue weighted by molar-refractivity contribution is -0.321. The van der Waals surface area contributed by atoms with Crippen molar-refractivity contribution in [2.45, 2.75) is 135 Å². The van der Waals surface area contributed by atoms with Crippen molar-refractivity contribution in [1.82, 2.24) is 0 Å². The van der Waals surface area contributed by atoms with Crippen molar-refractivity contribution in [3.63, 3.8) is 0 Å². The molecule has 5 rings (SSSR count). The van der Waals surface area contributed by atoms with Crippen molar-refractivity contribution in [2.75, 3.05) is 20.8 Å². The predicted molar refractivity (Wildman–Crippen MR) is 163 cm³/mol. The number of methoxy groups -OCH3 is 2. The van der Waals surface area contributed by atoms with Crippen LogP contribution in [0.15, 0.2) is 0 Å². The molecule has 2 N–H and O–H groups in total. The summed E-state index contributed by atoms with van der Waals surface area (Å²) in [6.45, 7) is 8.41. The number of ether oxygens (including phenoxy) is 7. The van der Waals surface area contributed by atoms with Gasteiger partial charge < -0.3 is 38.9 Å². The molecular weight excluding hydrogens is 598 g/mol. The third kappa shape index (κ3) is 6.07. The van der Waals surface area contributed by atoms with Gasteiger partial charge in [-0.2, -0.15) is 0 Å². The molecule has 1 aliphatic heterocycles. The van der Waals surface area contributed by atoms with Crippen LogP contribution < -0.4 is 5.73 Å². The molecule has 1 heterocycles. The van der Waals surface area contributed by atoms with Crippen LogP contribution in [0.4, 0.5) is 0 Å². The Labute approximate surface area is 272 Å². The van der Waals surface area contributed by atoms with E-state index in [2.05, 4.69) is 13.8 Å². The number of fused-ring (bicyclic) bond motifs is 5. The fourth-order valence-corrected chi connectivity index (χ4v) is 10.4. The van der Waals surface area contributed by atoms with Crippen LogP contribution in [-0.2, 0) is 52.3 Å². The van der Waals surface area contributed by atoms with Crippen molar-refractivity contribution < 1.29 is 52.3 Å². The number of nitrogens with two attached hydrogens (primary N) is 1. The van der Waals surface area contributed by atoms with E-state index in [9.17, 15) is 19.2 Å². The van der Waals surface area contributed by atoms with Crippen LogP contribution in [0.2, 0.25) is 0 Å². The molecular formula is C34H53NO11. The molecule has 5 fully saturated rings. The van der Waals surface area contributed by atoms with Crippen LogP contribution in [0.25, 0.3) is 0 Å². The third-order valence-corrected chi connectivity index (χ3v) is 12.6. The second-order valence-corrected chi connectivity index (χ2v) is 14.9. The largest absolute Gasteiger partial charge is 0.469 e. The van der Waals surface area contributed by atoms with Crippen molar-refractivity contribution in [3.8, 4) is 0 Å². The zero-order valence-corrected chi connectivity index (χ0v) is 28.4. The molecule has 4 saturated carbocycles. The predicted octanol–water partition coefficient (Wildman–Crippen LogP) is 3.45. The van der Waals surface area contributed by atoms with E-state index in [1.54, 1.807) is 0 Å². The minimum absolute atomic E-state index is 0.0351. The van der Waals surface area contributed by atoms with Gasteiger partial charge in [-0.25, -0.2) is 0 Å². The van der Waals surface area contributed by atoms with E-state index in [0.29, 0.717) is 17.8 Å². The lowest BCUT2D eigenvalue weighted by atomic mass is 9.42. The monoisotopic (exact) mass is 651 g/mol. The smallest absolute Gasteiger partial charge is 0.309 e. The maximum absolute atomic E-state index is 12.8. The van der Waals surface area contributed by atoms with Crippen molar-refractivity contribution in [3.05, 3.63) is 0 Å². The van der Waals surface area contributed by atoms with Crippen molar-refractivity contribution >= 4 is 23.9 Å². The molecule has 12 heteroatoms. The molecule has 1 saturated heterocycles. The first kappa shape index (κ1) is 35.0. The molecule has 4 aliphatic carbocycles. The van der Waals surface area contributed by atoms with E-state index in [4.69, 9.17) is 38.9 Å². The van der Waals surface area contributed by atoms with Crippen LogP contribution in [0.3, 0.4) is 0 Å². The van der Waals surface area contributed by atoms with Gasteiger partial charge in [-0.1, -0.05) is 13.8 Å². The van der Waals surface area contributed by atoms with Gasteiger partial charge >= 0.3 is 23.9 Å². The summed E-state index contributed by atoms with van der Waals surface area (Å²) in [7, 11) is 2.96. The molecule has 260 valence electrons. The minimum Gasteiger partial charge on any atom is -0.469 e. The Hall–Kier alpha value is -2.28. The topological polar surface area (TPSA) is 159 Å². The van der Waals surface area contributed by atoms with Crippen LogP contribution >= 0.6 is 0 Å². The van der Waals surface area contributed by atoms with E-state index in [1.165, 1.54) is 35.0 Å².